The van der Waals surface area contributed by atoms with Crippen molar-refractivity contribution in [3.8, 4) is 5.75 Å². The van der Waals surface area contributed by atoms with Crippen molar-refractivity contribution in [2.24, 2.45) is 0 Å². The molecule has 0 amide bonds. The van der Waals surface area contributed by atoms with Crippen molar-refractivity contribution in [1.29, 1.82) is 0 Å². The largest absolute Gasteiger partial charge is 0.497 e. The molecule has 0 saturated carbocycles. The van der Waals surface area contributed by atoms with E-state index in [-0.39, 0.29) is 1.43 Å². The van der Waals surface area contributed by atoms with Gasteiger partial charge in [0.05, 0.1) is 7.11 Å². The Labute approximate surface area is 115 Å². The van der Waals surface area contributed by atoms with E-state index in [0.717, 1.165) is 12.2 Å². The average Bonchev–Trinajstić information content (AvgIpc) is 2.42. The molecule has 0 aromatic heterocycles. The highest BCUT2D eigenvalue weighted by Crippen LogP contribution is 2.12. The molecule has 0 radical (unpaired) electrons. The highest BCUT2D eigenvalue weighted by Gasteiger charge is 1.99. The summed E-state index contributed by atoms with van der Waals surface area (Å²) in [7, 11) is 3.67. The average molecular weight is 255 g/mol. The molecular formula is C16H33NO. The van der Waals surface area contributed by atoms with E-state index in [0.29, 0.717) is 6.04 Å². The van der Waals surface area contributed by atoms with Gasteiger partial charge in [-0.2, -0.15) is 0 Å². The van der Waals surface area contributed by atoms with Crippen LogP contribution in [0.1, 0.15) is 48.0 Å². The highest BCUT2D eigenvalue weighted by atomic mass is 16.5. The third-order valence-electron chi connectivity index (χ3n) is 2.19. The van der Waals surface area contributed by atoms with Crippen LogP contribution < -0.4 is 10.1 Å². The number of nitrogens with one attached hydrogen (secondary N) is 1. The summed E-state index contributed by atoms with van der Waals surface area (Å²) >= 11 is 0. The van der Waals surface area contributed by atoms with Gasteiger partial charge in [0, 0.05) is 7.47 Å². The second-order valence-electron chi connectivity index (χ2n) is 3.95. The first-order valence-electron chi connectivity index (χ1n) is 6.98. The lowest BCUT2D eigenvalue weighted by Crippen LogP contribution is -2.23. The fourth-order valence-electron chi connectivity index (χ4n) is 1.22. The molecule has 1 atom stereocenters. The molecule has 0 bridgehead atoms. The molecular weight excluding hydrogens is 222 g/mol. The van der Waals surface area contributed by atoms with Gasteiger partial charge in [-0.1, -0.05) is 46.2 Å². The summed E-state index contributed by atoms with van der Waals surface area (Å²) < 4.78 is 5.08. The third-order valence-corrected chi connectivity index (χ3v) is 2.19. The zero-order chi connectivity index (χ0) is 14.4. The van der Waals surface area contributed by atoms with Gasteiger partial charge in [-0.25, -0.2) is 0 Å². The van der Waals surface area contributed by atoms with E-state index in [9.17, 15) is 0 Å². The minimum atomic E-state index is 0. The standard InChI is InChI=1S/C11H17NO.C3H8.C2H6.H2/c1-9(12-2)8-10-4-6-11(13-3)7-5-10;1-3-2;1-2;/h4-7,9,12H,8H2,1-3H3;3H2,1-2H3;1-2H3;1H. The van der Waals surface area contributed by atoms with Gasteiger partial charge in [0.1, 0.15) is 5.75 Å². The Morgan fingerprint density at radius 2 is 1.61 bits per heavy atom. The summed E-state index contributed by atoms with van der Waals surface area (Å²) in [4.78, 5) is 0. The van der Waals surface area contributed by atoms with Gasteiger partial charge in [0.25, 0.3) is 0 Å². The van der Waals surface area contributed by atoms with E-state index in [4.69, 9.17) is 4.74 Å². The minimum absolute atomic E-state index is 0. The molecule has 0 aliphatic heterocycles. The second-order valence-corrected chi connectivity index (χ2v) is 3.95. The van der Waals surface area contributed by atoms with Crippen LogP contribution in [0.2, 0.25) is 0 Å². The second kappa shape index (κ2) is 14.0. The summed E-state index contributed by atoms with van der Waals surface area (Å²) in [6, 6.07) is 8.72. The number of rotatable bonds is 4. The number of methoxy groups -OCH3 is 1. The molecule has 0 heterocycles. The molecule has 0 aliphatic carbocycles. The normalized spacial score (nSPS) is 10.4. The first-order valence-corrected chi connectivity index (χ1v) is 6.98. The van der Waals surface area contributed by atoms with E-state index < -0.39 is 0 Å². The fraction of sp³-hybridized carbons (Fsp3) is 0.625. The zero-order valence-corrected chi connectivity index (χ0v) is 13.2. The topological polar surface area (TPSA) is 21.3 Å². The Morgan fingerprint density at radius 1 is 1.17 bits per heavy atom. The highest BCUT2D eigenvalue weighted by molar-refractivity contribution is 5.27. The van der Waals surface area contributed by atoms with Crippen LogP contribution in [0, 0.1) is 0 Å². The Kier molecular flexibility index (Phi) is 15.1. The first-order chi connectivity index (χ1) is 8.67. The van der Waals surface area contributed by atoms with Crippen LogP contribution in [0.25, 0.3) is 0 Å². The van der Waals surface area contributed by atoms with Gasteiger partial charge in [-0.15, -0.1) is 0 Å². The van der Waals surface area contributed by atoms with Crippen molar-refractivity contribution in [3.63, 3.8) is 0 Å². The molecule has 1 aromatic carbocycles. The molecule has 108 valence electrons. The summed E-state index contributed by atoms with van der Waals surface area (Å²) in [5.41, 5.74) is 1.34. The molecule has 2 nitrogen and oxygen atoms in total. The van der Waals surface area contributed by atoms with Crippen molar-refractivity contribution in [3.05, 3.63) is 29.8 Å². The smallest absolute Gasteiger partial charge is 0.118 e. The van der Waals surface area contributed by atoms with Crippen molar-refractivity contribution in [2.75, 3.05) is 14.2 Å². The van der Waals surface area contributed by atoms with Gasteiger partial charge in [-0.3, -0.25) is 0 Å². The van der Waals surface area contributed by atoms with Crippen molar-refractivity contribution < 1.29 is 6.16 Å². The van der Waals surface area contributed by atoms with Crippen LogP contribution in [0.4, 0.5) is 0 Å². The van der Waals surface area contributed by atoms with Crippen LogP contribution in [-0.2, 0) is 6.42 Å². The number of benzene rings is 1. The molecule has 0 spiro atoms. The lowest BCUT2D eigenvalue weighted by molar-refractivity contribution is 0.414. The summed E-state index contributed by atoms with van der Waals surface area (Å²) in [5.74, 6) is 0.917. The molecule has 1 rings (SSSR count). The molecule has 0 aliphatic rings. The number of ether oxygens (including phenoxy) is 1. The summed E-state index contributed by atoms with van der Waals surface area (Å²) in [6.07, 6.45) is 2.31. The van der Waals surface area contributed by atoms with Crippen LogP contribution >= 0.6 is 0 Å². The van der Waals surface area contributed by atoms with E-state index in [1.807, 2.05) is 33.0 Å². The van der Waals surface area contributed by atoms with E-state index in [2.05, 4.69) is 38.2 Å². The van der Waals surface area contributed by atoms with Gasteiger partial charge in [0.15, 0.2) is 0 Å². The Bertz CT molecular complexity index is 262. The summed E-state index contributed by atoms with van der Waals surface area (Å²) in [6.45, 7) is 10.4. The van der Waals surface area contributed by atoms with Gasteiger partial charge in [0.2, 0.25) is 0 Å². The number of likely N-dealkylation sites (N-methyl/N-ethyl adjacent to an activating group) is 1. The van der Waals surface area contributed by atoms with Crippen molar-refractivity contribution in [1.82, 2.24) is 5.32 Å². The van der Waals surface area contributed by atoms with E-state index in [1.54, 1.807) is 7.11 Å². The van der Waals surface area contributed by atoms with Gasteiger partial charge in [-0.05, 0) is 38.1 Å². The van der Waals surface area contributed by atoms with Gasteiger partial charge >= 0.3 is 0 Å². The molecule has 18 heavy (non-hydrogen) atoms. The Balaban J connectivity index is -0.000000376. The summed E-state index contributed by atoms with van der Waals surface area (Å²) in [5, 5.41) is 3.21. The Hall–Kier alpha value is -1.02. The zero-order valence-electron chi connectivity index (χ0n) is 13.2. The van der Waals surface area contributed by atoms with Crippen molar-refractivity contribution in [2.45, 2.75) is 53.5 Å². The maximum atomic E-state index is 5.08. The van der Waals surface area contributed by atoms with Crippen molar-refractivity contribution >= 4 is 0 Å². The molecule has 0 saturated heterocycles. The molecule has 2 heteroatoms. The first kappa shape index (κ1) is 19.3. The van der Waals surface area contributed by atoms with Crippen LogP contribution in [-0.4, -0.2) is 20.2 Å². The lowest BCUT2D eigenvalue weighted by Gasteiger charge is -2.09. The van der Waals surface area contributed by atoms with E-state index >= 15 is 0 Å². The maximum absolute atomic E-state index is 5.08. The number of hydrogen-bond acceptors (Lipinski definition) is 2. The molecule has 1 aromatic rings. The third kappa shape index (κ3) is 10.2. The van der Waals surface area contributed by atoms with Gasteiger partial charge < -0.3 is 10.1 Å². The lowest BCUT2D eigenvalue weighted by atomic mass is 10.1. The van der Waals surface area contributed by atoms with Crippen LogP contribution in [0.5, 0.6) is 5.75 Å². The fourth-order valence-corrected chi connectivity index (χ4v) is 1.22. The Morgan fingerprint density at radius 3 is 1.94 bits per heavy atom. The predicted octanol–water partition coefficient (Wildman–Crippen LogP) is 4.53. The predicted molar refractivity (Wildman–Crippen MR) is 84.6 cm³/mol. The molecule has 0 fully saturated rings. The minimum Gasteiger partial charge on any atom is -0.497 e. The van der Waals surface area contributed by atoms with Crippen LogP contribution in [0.3, 0.4) is 0 Å². The maximum Gasteiger partial charge on any atom is 0.118 e. The van der Waals surface area contributed by atoms with E-state index in [1.165, 1.54) is 12.0 Å². The van der Waals surface area contributed by atoms with Crippen LogP contribution in [0.15, 0.2) is 24.3 Å². The number of hydrogen-bond donors (Lipinski definition) is 1. The molecule has 1 unspecified atom stereocenters. The molecule has 1 N–H and O–H groups in total. The monoisotopic (exact) mass is 255 g/mol. The quantitative estimate of drug-likeness (QED) is 0.853. The SMILES string of the molecule is CC.CCC.CNC(C)Cc1ccc(OC)cc1.[HH].